The van der Waals surface area contributed by atoms with Crippen molar-refractivity contribution in [3.8, 4) is 0 Å². The first-order valence-electron chi connectivity index (χ1n) is 9.04. The summed E-state index contributed by atoms with van der Waals surface area (Å²) < 4.78 is 4.99. The predicted octanol–water partition coefficient (Wildman–Crippen LogP) is 2.91. The molecule has 0 saturated carbocycles. The molecule has 0 spiro atoms. The maximum atomic E-state index is 12.3. The normalized spacial score (nSPS) is 14.6. The van der Waals surface area contributed by atoms with Gasteiger partial charge in [0.1, 0.15) is 0 Å². The van der Waals surface area contributed by atoms with Crippen LogP contribution in [0.3, 0.4) is 0 Å². The lowest BCUT2D eigenvalue weighted by Crippen LogP contribution is -2.50. The zero-order valence-corrected chi connectivity index (χ0v) is 15.5. The molecule has 1 fully saturated rings. The molecular formula is C19H29N3O3. The van der Waals surface area contributed by atoms with Crippen LogP contribution in [0.1, 0.15) is 38.7 Å². The van der Waals surface area contributed by atoms with E-state index in [9.17, 15) is 9.59 Å². The topological polar surface area (TPSA) is 61.9 Å². The zero-order valence-electron chi connectivity index (χ0n) is 15.5. The highest BCUT2D eigenvalue weighted by molar-refractivity contribution is 5.77. The van der Waals surface area contributed by atoms with Crippen molar-refractivity contribution in [3.63, 3.8) is 0 Å². The van der Waals surface area contributed by atoms with Gasteiger partial charge in [-0.3, -0.25) is 4.79 Å². The molecule has 2 amide bonds. The lowest BCUT2D eigenvalue weighted by atomic mass is 10.0. The Morgan fingerprint density at radius 1 is 1.08 bits per heavy atom. The first-order chi connectivity index (χ1) is 12.0. The third-order valence-corrected chi connectivity index (χ3v) is 4.40. The third kappa shape index (κ3) is 5.66. The second-order valence-electron chi connectivity index (χ2n) is 6.52. The summed E-state index contributed by atoms with van der Waals surface area (Å²) in [6.07, 6.45) is 0.159. The van der Waals surface area contributed by atoms with Crippen molar-refractivity contribution < 1.29 is 14.3 Å². The predicted molar refractivity (Wildman–Crippen MR) is 98.8 cm³/mol. The fourth-order valence-corrected chi connectivity index (χ4v) is 2.81. The molecule has 0 unspecified atom stereocenters. The second kappa shape index (κ2) is 9.30. The molecule has 1 aliphatic rings. The number of hydrogen-bond acceptors (Lipinski definition) is 4. The number of ether oxygens (including phenoxy) is 1. The lowest BCUT2D eigenvalue weighted by molar-refractivity contribution is -0.132. The number of carbonyl (C=O) groups is 2. The number of nitrogens with zero attached hydrogens (tertiary/aromatic N) is 2. The van der Waals surface area contributed by atoms with Gasteiger partial charge in [0.2, 0.25) is 5.91 Å². The maximum absolute atomic E-state index is 12.3. The largest absolute Gasteiger partial charge is 0.450 e. The summed E-state index contributed by atoms with van der Waals surface area (Å²) in [5.74, 6) is 0.638. The van der Waals surface area contributed by atoms with Gasteiger partial charge in [-0.2, -0.15) is 0 Å². The molecule has 0 radical (unpaired) electrons. The van der Waals surface area contributed by atoms with E-state index in [2.05, 4.69) is 43.4 Å². The number of rotatable bonds is 6. The van der Waals surface area contributed by atoms with E-state index in [1.807, 2.05) is 4.90 Å². The Bertz CT molecular complexity index is 564. The van der Waals surface area contributed by atoms with Crippen molar-refractivity contribution in [1.29, 1.82) is 0 Å². The smallest absolute Gasteiger partial charge is 0.409 e. The van der Waals surface area contributed by atoms with E-state index >= 15 is 0 Å². The number of nitrogens with one attached hydrogen (secondary N) is 1. The molecule has 2 rings (SSSR count). The number of hydrogen-bond donors (Lipinski definition) is 1. The van der Waals surface area contributed by atoms with E-state index in [-0.39, 0.29) is 12.0 Å². The van der Waals surface area contributed by atoms with Crippen LogP contribution in [0, 0.1) is 0 Å². The molecule has 0 atom stereocenters. The van der Waals surface area contributed by atoms with Crippen LogP contribution in [-0.2, 0) is 9.53 Å². The van der Waals surface area contributed by atoms with Crippen molar-refractivity contribution in [3.05, 3.63) is 29.8 Å². The highest BCUT2D eigenvalue weighted by Crippen LogP contribution is 2.17. The Hall–Kier alpha value is -2.24. The molecule has 1 aliphatic heterocycles. The average Bonchev–Trinajstić information content (AvgIpc) is 2.62. The summed E-state index contributed by atoms with van der Waals surface area (Å²) in [5, 5.41) is 3.29. The molecule has 1 saturated heterocycles. The van der Waals surface area contributed by atoms with E-state index in [4.69, 9.17) is 4.74 Å². The van der Waals surface area contributed by atoms with Gasteiger partial charge < -0.3 is 19.9 Å². The van der Waals surface area contributed by atoms with Crippen LogP contribution in [0.15, 0.2) is 24.3 Å². The molecule has 6 heteroatoms. The molecule has 25 heavy (non-hydrogen) atoms. The number of amides is 2. The van der Waals surface area contributed by atoms with E-state index in [0.717, 1.165) is 5.69 Å². The Kier molecular flexibility index (Phi) is 7.10. The van der Waals surface area contributed by atoms with Crippen molar-refractivity contribution in [1.82, 2.24) is 9.80 Å². The fraction of sp³-hybridized carbons (Fsp3) is 0.579. The number of benzene rings is 1. The molecule has 1 aromatic rings. The molecule has 1 N–H and O–H groups in total. The number of anilines is 1. The fourth-order valence-electron chi connectivity index (χ4n) is 2.81. The van der Waals surface area contributed by atoms with Gasteiger partial charge in [-0.1, -0.05) is 26.0 Å². The van der Waals surface area contributed by atoms with Gasteiger partial charge >= 0.3 is 6.09 Å². The standard InChI is InChI=1S/C19H29N3O3/c1-4-25-19(24)22-13-11-21(12-14-22)18(23)9-10-20-17-7-5-16(6-8-17)15(2)3/h5-8,15,20H,4,9-14H2,1-3H3. The molecule has 0 aromatic heterocycles. The van der Waals surface area contributed by atoms with Crippen molar-refractivity contribution >= 4 is 17.7 Å². The van der Waals surface area contributed by atoms with Crippen molar-refractivity contribution in [2.24, 2.45) is 0 Å². The lowest BCUT2D eigenvalue weighted by Gasteiger charge is -2.34. The molecule has 1 heterocycles. The summed E-state index contributed by atoms with van der Waals surface area (Å²) in [5.41, 5.74) is 2.34. The highest BCUT2D eigenvalue weighted by Gasteiger charge is 2.24. The summed E-state index contributed by atoms with van der Waals surface area (Å²) in [4.78, 5) is 27.4. The van der Waals surface area contributed by atoms with Crippen molar-refractivity contribution in [2.75, 3.05) is 44.6 Å². The van der Waals surface area contributed by atoms with Gasteiger partial charge in [0, 0.05) is 44.8 Å². The third-order valence-electron chi connectivity index (χ3n) is 4.40. The number of piperazine rings is 1. The molecule has 6 nitrogen and oxygen atoms in total. The molecule has 0 bridgehead atoms. The second-order valence-corrected chi connectivity index (χ2v) is 6.52. The molecule has 0 aliphatic carbocycles. The summed E-state index contributed by atoms with van der Waals surface area (Å²) >= 11 is 0. The molecule has 1 aromatic carbocycles. The van der Waals surface area contributed by atoms with Gasteiger partial charge in [-0.05, 0) is 30.5 Å². The van der Waals surface area contributed by atoms with Crippen LogP contribution in [-0.4, -0.2) is 61.1 Å². The Morgan fingerprint density at radius 3 is 2.24 bits per heavy atom. The van der Waals surface area contributed by atoms with Gasteiger partial charge in [0.15, 0.2) is 0 Å². The zero-order chi connectivity index (χ0) is 18.2. The van der Waals surface area contributed by atoms with E-state index in [0.29, 0.717) is 51.7 Å². The minimum Gasteiger partial charge on any atom is -0.450 e. The van der Waals surface area contributed by atoms with Gasteiger partial charge in [-0.15, -0.1) is 0 Å². The first-order valence-corrected chi connectivity index (χ1v) is 9.04. The quantitative estimate of drug-likeness (QED) is 0.859. The van der Waals surface area contributed by atoms with E-state index in [1.54, 1.807) is 11.8 Å². The van der Waals surface area contributed by atoms with Gasteiger partial charge in [0.05, 0.1) is 6.61 Å². The van der Waals surface area contributed by atoms with Crippen LogP contribution >= 0.6 is 0 Å². The summed E-state index contributed by atoms with van der Waals surface area (Å²) in [7, 11) is 0. The average molecular weight is 347 g/mol. The summed E-state index contributed by atoms with van der Waals surface area (Å²) in [6.45, 7) is 9.33. The molecular weight excluding hydrogens is 318 g/mol. The monoisotopic (exact) mass is 347 g/mol. The van der Waals surface area contributed by atoms with Crippen LogP contribution in [0.2, 0.25) is 0 Å². The van der Waals surface area contributed by atoms with Gasteiger partial charge in [-0.25, -0.2) is 4.79 Å². The Labute approximate surface area is 150 Å². The van der Waals surface area contributed by atoms with E-state index in [1.165, 1.54) is 5.56 Å². The van der Waals surface area contributed by atoms with Gasteiger partial charge in [0.25, 0.3) is 0 Å². The maximum Gasteiger partial charge on any atom is 0.409 e. The van der Waals surface area contributed by atoms with Crippen LogP contribution < -0.4 is 5.32 Å². The Balaban J connectivity index is 1.70. The SMILES string of the molecule is CCOC(=O)N1CCN(C(=O)CCNc2ccc(C(C)C)cc2)CC1. The van der Waals surface area contributed by atoms with E-state index < -0.39 is 0 Å². The van der Waals surface area contributed by atoms with Crippen LogP contribution in [0.4, 0.5) is 10.5 Å². The highest BCUT2D eigenvalue weighted by atomic mass is 16.6. The summed E-state index contributed by atoms with van der Waals surface area (Å²) in [6, 6.07) is 8.34. The Morgan fingerprint density at radius 2 is 1.68 bits per heavy atom. The van der Waals surface area contributed by atoms with Crippen LogP contribution in [0.25, 0.3) is 0 Å². The minimum absolute atomic E-state index is 0.120. The first kappa shape index (κ1) is 19.1. The number of carbonyl (C=O) groups excluding carboxylic acids is 2. The minimum atomic E-state index is -0.291. The van der Waals surface area contributed by atoms with Crippen molar-refractivity contribution in [2.45, 2.75) is 33.1 Å². The molecule has 138 valence electrons. The van der Waals surface area contributed by atoms with Crippen LogP contribution in [0.5, 0.6) is 0 Å².